The molecule has 0 saturated heterocycles. The lowest BCUT2D eigenvalue weighted by atomic mass is 10.2. The molecule has 0 bridgehead atoms. The Morgan fingerprint density at radius 2 is 1.88 bits per heavy atom. The Kier molecular flexibility index (Phi) is 5.22. The molecule has 1 heterocycles. The number of nitrogens with one attached hydrogen (secondary N) is 1. The van der Waals surface area contributed by atoms with Gasteiger partial charge in [0.05, 0.1) is 11.5 Å². The van der Waals surface area contributed by atoms with Crippen LogP contribution in [0.3, 0.4) is 0 Å². The molecule has 1 aromatic heterocycles. The second-order valence-electron chi connectivity index (χ2n) is 4.93. The van der Waals surface area contributed by atoms with E-state index in [1.165, 1.54) is 23.9 Å². The van der Waals surface area contributed by atoms with Gasteiger partial charge in [-0.25, -0.2) is 4.39 Å². The number of halogens is 1. The molecule has 0 atom stereocenters. The highest BCUT2D eigenvalue weighted by atomic mass is 32.2. The van der Waals surface area contributed by atoms with E-state index >= 15 is 0 Å². The smallest absolute Gasteiger partial charge is 0.236 e. The fourth-order valence-electron chi connectivity index (χ4n) is 1.98. The number of thioether (sulfide) groups is 1. The third kappa shape index (κ3) is 4.42. The highest BCUT2D eigenvalue weighted by molar-refractivity contribution is 7.99. The predicted octanol–water partition coefficient (Wildman–Crippen LogP) is 3.75. The quantitative estimate of drug-likeness (QED) is 0.738. The minimum atomic E-state index is -0.317. The van der Waals surface area contributed by atoms with Gasteiger partial charge in [-0.05, 0) is 36.4 Å². The van der Waals surface area contributed by atoms with E-state index in [9.17, 15) is 9.18 Å². The van der Waals surface area contributed by atoms with Crippen LogP contribution in [0.4, 0.5) is 10.1 Å². The van der Waals surface area contributed by atoms with E-state index in [2.05, 4.69) is 15.5 Å². The van der Waals surface area contributed by atoms with E-state index in [-0.39, 0.29) is 17.5 Å². The van der Waals surface area contributed by atoms with Crippen LogP contribution in [0.5, 0.6) is 0 Å². The van der Waals surface area contributed by atoms with Crippen molar-refractivity contribution < 1.29 is 13.7 Å². The van der Waals surface area contributed by atoms with Crippen molar-refractivity contribution in [3.8, 4) is 11.4 Å². The van der Waals surface area contributed by atoms with Crippen molar-refractivity contribution in [3.05, 3.63) is 66.3 Å². The van der Waals surface area contributed by atoms with Crippen molar-refractivity contribution in [2.45, 2.75) is 5.75 Å². The number of benzene rings is 2. The van der Waals surface area contributed by atoms with Gasteiger partial charge in [0.25, 0.3) is 0 Å². The summed E-state index contributed by atoms with van der Waals surface area (Å²) in [5, 5.41) is 6.66. The topological polar surface area (TPSA) is 68.0 Å². The summed E-state index contributed by atoms with van der Waals surface area (Å²) in [6, 6.07) is 15.1. The molecule has 0 aliphatic rings. The van der Waals surface area contributed by atoms with Gasteiger partial charge in [-0.2, -0.15) is 4.98 Å². The SMILES string of the molecule is O=C(CSCc1nc(-c2ccc(F)cc2)no1)Nc1ccccc1. The Bertz CT molecular complexity index is 806. The predicted molar refractivity (Wildman–Crippen MR) is 90.9 cm³/mol. The van der Waals surface area contributed by atoms with Crippen LogP contribution in [0.25, 0.3) is 11.4 Å². The molecule has 24 heavy (non-hydrogen) atoms. The summed E-state index contributed by atoms with van der Waals surface area (Å²) in [5.41, 5.74) is 1.44. The highest BCUT2D eigenvalue weighted by Crippen LogP contribution is 2.18. The molecule has 122 valence electrons. The van der Waals surface area contributed by atoms with Gasteiger partial charge in [0.1, 0.15) is 5.82 Å². The Morgan fingerprint density at radius 3 is 2.62 bits per heavy atom. The summed E-state index contributed by atoms with van der Waals surface area (Å²) in [6.07, 6.45) is 0. The van der Waals surface area contributed by atoms with Crippen LogP contribution in [0.1, 0.15) is 5.89 Å². The van der Waals surface area contributed by atoms with Crippen molar-refractivity contribution in [3.63, 3.8) is 0 Å². The molecule has 0 spiro atoms. The Hall–Kier alpha value is -2.67. The zero-order valence-corrected chi connectivity index (χ0v) is 13.4. The summed E-state index contributed by atoms with van der Waals surface area (Å²) >= 11 is 1.38. The molecule has 0 fully saturated rings. The molecule has 2 aromatic carbocycles. The maximum atomic E-state index is 12.9. The molecular weight excluding hydrogens is 329 g/mol. The number of carbonyl (C=O) groups is 1. The van der Waals surface area contributed by atoms with Gasteiger partial charge in [0, 0.05) is 11.3 Å². The van der Waals surface area contributed by atoms with Gasteiger partial charge in [-0.3, -0.25) is 4.79 Å². The van der Waals surface area contributed by atoms with Gasteiger partial charge in [0.15, 0.2) is 0 Å². The second kappa shape index (κ2) is 7.74. The van der Waals surface area contributed by atoms with Crippen LogP contribution in [0.2, 0.25) is 0 Å². The summed E-state index contributed by atoms with van der Waals surface area (Å²) in [4.78, 5) is 16.1. The average Bonchev–Trinajstić information content (AvgIpc) is 3.05. The standard InChI is InChI=1S/C17H14FN3O2S/c18-13-8-6-12(7-9-13)17-20-16(23-21-17)11-24-10-15(22)19-14-4-2-1-3-5-14/h1-9H,10-11H2,(H,19,22). The first-order valence-corrected chi connectivity index (χ1v) is 8.37. The van der Waals surface area contributed by atoms with Crippen LogP contribution in [0, 0.1) is 5.82 Å². The lowest BCUT2D eigenvalue weighted by Gasteiger charge is -2.03. The fourth-order valence-corrected chi connectivity index (χ4v) is 2.63. The van der Waals surface area contributed by atoms with Crippen molar-refractivity contribution in [1.82, 2.24) is 10.1 Å². The molecule has 3 rings (SSSR count). The Balaban J connectivity index is 1.49. The fraction of sp³-hybridized carbons (Fsp3) is 0.118. The Morgan fingerprint density at radius 1 is 1.12 bits per heavy atom. The number of anilines is 1. The zero-order chi connectivity index (χ0) is 16.8. The minimum Gasteiger partial charge on any atom is -0.338 e. The van der Waals surface area contributed by atoms with Crippen molar-refractivity contribution in [1.29, 1.82) is 0 Å². The molecule has 0 radical (unpaired) electrons. The molecule has 3 aromatic rings. The van der Waals surface area contributed by atoms with Gasteiger partial charge in [0.2, 0.25) is 17.6 Å². The number of aromatic nitrogens is 2. The van der Waals surface area contributed by atoms with E-state index < -0.39 is 0 Å². The molecule has 1 N–H and O–H groups in total. The van der Waals surface area contributed by atoms with Crippen molar-refractivity contribution in [2.24, 2.45) is 0 Å². The van der Waals surface area contributed by atoms with Crippen LogP contribution in [-0.4, -0.2) is 21.8 Å². The van der Waals surface area contributed by atoms with Crippen LogP contribution in [-0.2, 0) is 10.5 Å². The number of hydrogen-bond acceptors (Lipinski definition) is 5. The number of amides is 1. The second-order valence-corrected chi connectivity index (χ2v) is 5.91. The summed E-state index contributed by atoms with van der Waals surface area (Å²) in [5.74, 6) is 1.12. The Labute approximate surface area is 142 Å². The largest absolute Gasteiger partial charge is 0.338 e. The first kappa shape index (κ1) is 16.2. The number of carbonyl (C=O) groups excluding carboxylic acids is 1. The summed E-state index contributed by atoms with van der Waals surface area (Å²) in [7, 11) is 0. The third-order valence-corrected chi connectivity index (χ3v) is 4.00. The van der Waals surface area contributed by atoms with E-state index in [1.807, 2.05) is 30.3 Å². The monoisotopic (exact) mass is 343 g/mol. The first-order valence-electron chi connectivity index (χ1n) is 7.22. The van der Waals surface area contributed by atoms with Crippen LogP contribution >= 0.6 is 11.8 Å². The highest BCUT2D eigenvalue weighted by Gasteiger charge is 2.10. The minimum absolute atomic E-state index is 0.0931. The first-order chi connectivity index (χ1) is 11.7. The van der Waals surface area contributed by atoms with Crippen molar-refractivity contribution >= 4 is 23.4 Å². The molecule has 0 saturated carbocycles. The lowest BCUT2D eigenvalue weighted by molar-refractivity contribution is -0.113. The lowest BCUT2D eigenvalue weighted by Crippen LogP contribution is -2.13. The van der Waals surface area contributed by atoms with Gasteiger partial charge < -0.3 is 9.84 Å². The normalized spacial score (nSPS) is 10.5. The molecule has 0 unspecified atom stereocenters. The number of para-hydroxylation sites is 1. The van der Waals surface area contributed by atoms with Gasteiger partial charge >= 0.3 is 0 Å². The molecule has 0 aliphatic carbocycles. The zero-order valence-electron chi connectivity index (χ0n) is 12.6. The van der Waals surface area contributed by atoms with Crippen LogP contribution in [0.15, 0.2) is 59.1 Å². The molecule has 0 aliphatic heterocycles. The summed E-state index contributed by atoms with van der Waals surface area (Å²) in [6.45, 7) is 0. The molecule has 5 nitrogen and oxygen atoms in total. The van der Waals surface area contributed by atoms with Gasteiger partial charge in [-0.1, -0.05) is 23.4 Å². The maximum absolute atomic E-state index is 12.9. The van der Waals surface area contributed by atoms with Gasteiger partial charge in [-0.15, -0.1) is 11.8 Å². The average molecular weight is 343 g/mol. The van der Waals surface area contributed by atoms with E-state index in [4.69, 9.17) is 4.52 Å². The van der Waals surface area contributed by atoms with E-state index in [0.717, 1.165) is 5.69 Å². The number of rotatable bonds is 6. The van der Waals surface area contributed by atoms with E-state index in [0.29, 0.717) is 23.0 Å². The molecule has 7 heteroatoms. The van der Waals surface area contributed by atoms with Crippen molar-refractivity contribution in [2.75, 3.05) is 11.1 Å². The third-order valence-electron chi connectivity index (χ3n) is 3.09. The van der Waals surface area contributed by atoms with E-state index in [1.54, 1.807) is 12.1 Å². The maximum Gasteiger partial charge on any atom is 0.236 e. The number of hydrogen-bond donors (Lipinski definition) is 1. The molecular formula is C17H14FN3O2S. The van der Waals surface area contributed by atoms with Crippen LogP contribution < -0.4 is 5.32 Å². The molecule has 1 amide bonds. The summed E-state index contributed by atoms with van der Waals surface area (Å²) < 4.78 is 18.0. The number of nitrogens with zero attached hydrogens (tertiary/aromatic N) is 2.